The molecule has 0 aliphatic rings. The zero-order valence-electron chi connectivity index (χ0n) is 10.3. The van der Waals surface area contributed by atoms with Crippen LogP contribution in [-0.2, 0) is 0 Å². The summed E-state index contributed by atoms with van der Waals surface area (Å²) in [5, 5.41) is 10.2. The molecule has 0 amide bonds. The molecule has 0 heterocycles. The quantitative estimate of drug-likeness (QED) is 0.509. The lowest BCUT2D eigenvalue weighted by molar-refractivity contribution is 0.259. The highest BCUT2D eigenvalue weighted by atomic mass is 127. The second kappa shape index (κ2) is 8.24. The minimum absolute atomic E-state index is 0.524. The largest absolute Gasteiger partial charge is 0.404 e. The molecule has 0 aromatic heterocycles. The molecular formula is C11H19IN4O. The van der Waals surface area contributed by atoms with Crippen molar-refractivity contribution in [2.75, 3.05) is 13.6 Å². The van der Waals surface area contributed by atoms with Crippen LogP contribution in [0.15, 0.2) is 33.5 Å². The van der Waals surface area contributed by atoms with Gasteiger partial charge in [-0.2, -0.15) is 0 Å². The summed E-state index contributed by atoms with van der Waals surface area (Å²) < 4.78 is 0.640. The van der Waals surface area contributed by atoms with Crippen molar-refractivity contribution in [3.63, 3.8) is 0 Å². The van der Waals surface area contributed by atoms with Crippen LogP contribution in [-0.4, -0.2) is 34.2 Å². The van der Waals surface area contributed by atoms with Crippen molar-refractivity contribution < 1.29 is 5.11 Å². The third kappa shape index (κ3) is 4.47. The molecule has 96 valence electrons. The first-order valence-corrected chi connectivity index (χ1v) is 6.27. The Morgan fingerprint density at radius 1 is 1.35 bits per heavy atom. The number of nitrogens with zero attached hydrogens (tertiary/aromatic N) is 2. The normalized spacial score (nSPS) is 17.2. The van der Waals surface area contributed by atoms with Gasteiger partial charge in [-0.1, -0.05) is 0 Å². The van der Waals surface area contributed by atoms with Crippen LogP contribution < -0.4 is 11.5 Å². The van der Waals surface area contributed by atoms with Crippen molar-refractivity contribution >= 4 is 32.0 Å². The average molecular weight is 350 g/mol. The lowest BCUT2D eigenvalue weighted by atomic mass is 10.0. The highest BCUT2D eigenvalue weighted by Crippen LogP contribution is 2.17. The van der Waals surface area contributed by atoms with E-state index >= 15 is 0 Å². The molecule has 0 aromatic rings. The van der Waals surface area contributed by atoms with Gasteiger partial charge in [-0.05, 0) is 36.4 Å². The minimum Gasteiger partial charge on any atom is -0.404 e. The van der Waals surface area contributed by atoms with E-state index in [4.69, 9.17) is 11.5 Å². The first-order chi connectivity index (χ1) is 8.03. The van der Waals surface area contributed by atoms with Gasteiger partial charge in [0, 0.05) is 42.9 Å². The first-order valence-electron chi connectivity index (χ1n) is 5.19. The van der Waals surface area contributed by atoms with Gasteiger partial charge in [0.05, 0.1) is 0 Å². The van der Waals surface area contributed by atoms with Crippen molar-refractivity contribution in [3.8, 4) is 0 Å². The van der Waals surface area contributed by atoms with E-state index < -0.39 is 6.10 Å². The molecule has 0 aromatic carbocycles. The second-order valence-corrected chi connectivity index (χ2v) is 4.24. The maximum atomic E-state index is 10.2. The van der Waals surface area contributed by atoms with E-state index in [0.717, 1.165) is 0 Å². The van der Waals surface area contributed by atoms with E-state index in [0.29, 0.717) is 27.1 Å². The molecule has 0 saturated heterocycles. The summed E-state index contributed by atoms with van der Waals surface area (Å²) in [4.78, 5) is 8.21. The molecule has 5 nitrogen and oxygen atoms in total. The maximum Gasteiger partial charge on any atom is 0.111 e. The van der Waals surface area contributed by atoms with E-state index in [1.54, 1.807) is 14.0 Å². The number of hydrogen-bond donors (Lipinski definition) is 3. The third-order valence-corrected chi connectivity index (χ3v) is 3.30. The van der Waals surface area contributed by atoms with Gasteiger partial charge in [-0.15, -0.1) is 0 Å². The molecule has 0 aliphatic carbocycles. The van der Waals surface area contributed by atoms with E-state index in [1.165, 1.54) is 12.4 Å². The molecular weight excluding hydrogens is 331 g/mol. The molecule has 0 radical (unpaired) electrons. The van der Waals surface area contributed by atoms with Crippen LogP contribution in [0.1, 0.15) is 13.8 Å². The fraction of sp³-hybridized carbons (Fsp3) is 0.455. The van der Waals surface area contributed by atoms with Gasteiger partial charge in [0.2, 0.25) is 0 Å². The third-order valence-electron chi connectivity index (χ3n) is 2.20. The van der Waals surface area contributed by atoms with Gasteiger partial charge in [0.25, 0.3) is 0 Å². The summed E-state index contributed by atoms with van der Waals surface area (Å²) in [6.45, 7) is 4.35. The Hall–Kier alpha value is -0.890. The Labute approximate surface area is 116 Å². The number of aliphatic hydroxyl groups is 1. The lowest BCUT2D eigenvalue weighted by Gasteiger charge is -2.16. The Balaban J connectivity index is 5.27. The van der Waals surface area contributed by atoms with Gasteiger partial charge >= 0.3 is 0 Å². The van der Waals surface area contributed by atoms with Crippen LogP contribution in [0.3, 0.4) is 0 Å². The molecule has 5 N–H and O–H groups in total. The standard InChI is InChI=1S/C11H19IN4O/c1-4-16-7(2)8(5-13)10(17)9(6-14)11(12)15-3/h5-6,10,17H,4,13-14H2,1-3H3. The summed E-state index contributed by atoms with van der Waals surface area (Å²) in [6, 6.07) is 0. The number of nitrogens with two attached hydrogens (primary N) is 2. The number of rotatable bonds is 5. The van der Waals surface area contributed by atoms with Crippen molar-refractivity contribution in [1.82, 2.24) is 0 Å². The second-order valence-electron chi connectivity index (χ2n) is 3.22. The Morgan fingerprint density at radius 2 is 1.88 bits per heavy atom. The molecule has 17 heavy (non-hydrogen) atoms. The van der Waals surface area contributed by atoms with E-state index in [9.17, 15) is 5.11 Å². The van der Waals surface area contributed by atoms with E-state index in [1.807, 2.05) is 29.5 Å². The van der Waals surface area contributed by atoms with Crippen LogP contribution in [0.5, 0.6) is 0 Å². The number of aliphatic hydroxyl groups excluding tert-OH is 1. The van der Waals surface area contributed by atoms with Crippen molar-refractivity contribution in [2.45, 2.75) is 20.0 Å². The zero-order valence-corrected chi connectivity index (χ0v) is 12.5. The van der Waals surface area contributed by atoms with Gasteiger partial charge in [0.1, 0.15) is 9.82 Å². The molecule has 0 bridgehead atoms. The predicted octanol–water partition coefficient (Wildman–Crippen LogP) is 0.977. The fourth-order valence-corrected chi connectivity index (χ4v) is 1.78. The molecule has 0 fully saturated rings. The van der Waals surface area contributed by atoms with Crippen LogP contribution in [0.2, 0.25) is 0 Å². The monoisotopic (exact) mass is 350 g/mol. The van der Waals surface area contributed by atoms with Gasteiger partial charge in [-0.3, -0.25) is 9.98 Å². The van der Waals surface area contributed by atoms with Gasteiger partial charge in [0.15, 0.2) is 0 Å². The van der Waals surface area contributed by atoms with Gasteiger partial charge in [-0.25, -0.2) is 0 Å². The van der Waals surface area contributed by atoms with Crippen LogP contribution in [0.4, 0.5) is 0 Å². The Kier molecular flexibility index (Phi) is 7.81. The lowest BCUT2D eigenvalue weighted by Crippen LogP contribution is -2.24. The summed E-state index contributed by atoms with van der Waals surface area (Å²) >= 11 is 2.01. The summed E-state index contributed by atoms with van der Waals surface area (Å²) in [7, 11) is 1.64. The zero-order chi connectivity index (χ0) is 13.4. The summed E-state index contributed by atoms with van der Waals surface area (Å²) in [5.74, 6) is 0. The Morgan fingerprint density at radius 3 is 2.24 bits per heavy atom. The van der Waals surface area contributed by atoms with Crippen molar-refractivity contribution in [3.05, 3.63) is 23.5 Å². The SMILES string of the molecule is CCN=C(C)C(=CN)C(O)C(=CN)C(I)=NC. The smallest absolute Gasteiger partial charge is 0.111 e. The van der Waals surface area contributed by atoms with Crippen molar-refractivity contribution in [2.24, 2.45) is 21.5 Å². The molecule has 1 unspecified atom stereocenters. The predicted molar refractivity (Wildman–Crippen MR) is 81.6 cm³/mol. The van der Waals surface area contributed by atoms with Crippen LogP contribution >= 0.6 is 22.6 Å². The van der Waals surface area contributed by atoms with E-state index in [2.05, 4.69) is 9.98 Å². The molecule has 0 rings (SSSR count). The topological polar surface area (TPSA) is 97.0 Å². The Bertz CT molecular complexity index is 372. The summed E-state index contributed by atoms with van der Waals surface area (Å²) in [6.07, 6.45) is 1.78. The summed E-state index contributed by atoms with van der Waals surface area (Å²) in [5.41, 5.74) is 12.8. The average Bonchev–Trinajstić information content (AvgIpc) is 2.31. The highest BCUT2D eigenvalue weighted by molar-refractivity contribution is 14.1. The highest BCUT2D eigenvalue weighted by Gasteiger charge is 2.20. The molecule has 0 aliphatic heterocycles. The van der Waals surface area contributed by atoms with Crippen LogP contribution in [0, 0.1) is 0 Å². The van der Waals surface area contributed by atoms with E-state index in [-0.39, 0.29) is 0 Å². The minimum atomic E-state index is -0.907. The molecule has 0 saturated carbocycles. The molecule has 6 heteroatoms. The number of halogens is 1. The van der Waals surface area contributed by atoms with Crippen molar-refractivity contribution in [1.29, 1.82) is 0 Å². The number of aliphatic imine (C=N–C) groups is 2. The number of hydrogen-bond acceptors (Lipinski definition) is 5. The van der Waals surface area contributed by atoms with Crippen LogP contribution in [0.25, 0.3) is 0 Å². The maximum absolute atomic E-state index is 10.2. The van der Waals surface area contributed by atoms with Gasteiger partial charge < -0.3 is 16.6 Å². The first kappa shape index (κ1) is 16.1. The fourth-order valence-electron chi connectivity index (χ4n) is 1.31. The molecule has 0 spiro atoms. The molecule has 1 atom stereocenters.